The molecule has 0 saturated heterocycles. The lowest BCUT2D eigenvalue weighted by Gasteiger charge is -2.15. The van der Waals surface area contributed by atoms with Crippen molar-refractivity contribution in [2.75, 3.05) is 0 Å². The minimum atomic E-state index is 0.514. The summed E-state index contributed by atoms with van der Waals surface area (Å²) >= 11 is 0. The molecule has 0 bridgehead atoms. The minimum Gasteiger partial charge on any atom is -0.256 e. The van der Waals surface area contributed by atoms with Crippen LogP contribution >= 0.6 is 0 Å². The fourth-order valence-electron chi connectivity index (χ4n) is 3.38. The molecule has 0 spiro atoms. The maximum Gasteiger partial charge on any atom is 0.0780 e. The van der Waals surface area contributed by atoms with E-state index >= 15 is 0 Å². The molecule has 0 aliphatic heterocycles. The molecule has 0 aliphatic carbocycles. The number of pyridine rings is 1. The SMILES string of the molecule is CC(C)c1ccc(-c2cccc3cccnc23)c2ccccc12. The summed E-state index contributed by atoms with van der Waals surface area (Å²) in [4.78, 5) is 4.62. The number of para-hydroxylation sites is 1. The first-order valence-electron chi connectivity index (χ1n) is 8.11. The van der Waals surface area contributed by atoms with Crippen molar-refractivity contribution >= 4 is 21.7 Å². The molecule has 0 atom stereocenters. The molecule has 112 valence electrons. The lowest BCUT2D eigenvalue weighted by Crippen LogP contribution is -1.92. The van der Waals surface area contributed by atoms with Gasteiger partial charge >= 0.3 is 0 Å². The summed E-state index contributed by atoms with van der Waals surface area (Å²) in [5.41, 5.74) is 4.93. The largest absolute Gasteiger partial charge is 0.256 e. The molecule has 1 nitrogen and oxygen atoms in total. The van der Waals surface area contributed by atoms with E-state index in [1.807, 2.05) is 12.3 Å². The summed E-state index contributed by atoms with van der Waals surface area (Å²) in [5, 5.41) is 3.83. The van der Waals surface area contributed by atoms with E-state index in [0.29, 0.717) is 5.92 Å². The Bertz CT molecular complexity index is 994. The van der Waals surface area contributed by atoms with Crippen LogP contribution in [0.2, 0.25) is 0 Å². The van der Waals surface area contributed by atoms with Crippen LogP contribution in [0.25, 0.3) is 32.8 Å². The fraction of sp³-hybridized carbons (Fsp3) is 0.136. The first-order chi connectivity index (χ1) is 11.3. The van der Waals surface area contributed by atoms with E-state index in [-0.39, 0.29) is 0 Å². The Balaban J connectivity index is 2.08. The Morgan fingerprint density at radius 1 is 0.696 bits per heavy atom. The van der Waals surface area contributed by atoms with Crippen LogP contribution in [-0.4, -0.2) is 4.98 Å². The van der Waals surface area contributed by atoms with Crippen molar-refractivity contribution in [3.05, 3.63) is 78.5 Å². The van der Waals surface area contributed by atoms with Crippen LogP contribution in [0, 0.1) is 0 Å². The molecular weight excluding hydrogens is 278 g/mol. The zero-order valence-electron chi connectivity index (χ0n) is 13.5. The van der Waals surface area contributed by atoms with Gasteiger partial charge in [0, 0.05) is 17.1 Å². The predicted molar refractivity (Wildman–Crippen MR) is 98.8 cm³/mol. The maximum absolute atomic E-state index is 4.62. The number of hydrogen-bond acceptors (Lipinski definition) is 1. The molecule has 1 heterocycles. The highest BCUT2D eigenvalue weighted by Crippen LogP contribution is 2.36. The number of hydrogen-bond donors (Lipinski definition) is 0. The molecule has 3 aromatic carbocycles. The molecule has 0 amide bonds. The van der Waals surface area contributed by atoms with Crippen molar-refractivity contribution in [2.24, 2.45) is 0 Å². The van der Waals surface area contributed by atoms with Crippen molar-refractivity contribution in [1.82, 2.24) is 4.98 Å². The maximum atomic E-state index is 4.62. The van der Waals surface area contributed by atoms with Gasteiger partial charge in [-0.3, -0.25) is 4.98 Å². The smallest absolute Gasteiger partial charge is 0.0780 e. The van der Waals surface area contributed by atoms with Gasteiger partial charge in [0.05, 0.1) is 5.52 Å². The number of aromatic nitrogens is 1. The molecule has 0 N–H and O–H groups in total. The molecule has 0 fully saturated rings. The lowest BCUT2D eigenvalue weighted by atomic mass is 9.90. The number of fused-ring (bicyclic) bond motifs is 2. The van der Waals surface area contributed by atoms with Crippen molar-refractivity contribution in [1.29, 1.82) is 0 Å². The lowest BCUT2D eigenvalue weighted by molar-refractivity contribution is 0.876. The first kappa shape index (κ1) is 14.0. The van der Waals surface area contributed by atoms with E-state index in [4.69, 9.17) is 0 Å². The van der Waals surface area contributed by atoms with Crippen molar-refractivity contribution in [2.45, 2.75) is 19.8 Å². The number of benzene rings is 3. The van der Waals surface area contributed by atoms with Gasteiger partial charge < -0.3 is 0 Å². The second kappa shape index (κ2) is 5.51. The number of rotatable bonds is 2. The van der Waals surface area contributed by atoms with Crippen molar-refractivity contribution in [3.63, 3.8) is 0 Å². The zero-order valence-corrected chi connectivity index (χ0v) is 13.5. The van der Waals surface area contributed by atoms with E-state index in [9.17, 15) is 0 Å². The topological polar surface area (TPSA) is 12.9 Å². The van der Waals surface area contributed by atoms with Crippen LogP contribution in [-0.2, 0) is 0 Å². The van der Waals surface area contributed by atoms with Crippen LogP contribution in [0.4, 0.5) is 0 Å². The van der Waals surface area contributed by atoms with Gasteiger partial charge in [-0.2, -0.15) is 0 Å². The first-order valence-corrected chi connectivity index (χ1v) is 8.11. The normalized spacial score (nSPS) is 11.4. The molecule has 1 heteroatoms. The summed E-state index contributed by atoms with van der Waals surface area (Å²) in [6, 6.07) is 23.7. The van der Waals surface area contributed by atoms with Crippen molar-refractivity contribution < 1.29 is 0 Å². The second-order valence-electron chi connectivity index (χ2n) is 6.28. The van der Waals surface area contributed by atoms with E-state index in [2.05, 4.69) is 79.5 Å². The molecule has 0 radical (unpaired) electrons. The molecule has 23 heavy (non-hydrogen) atoms. The highest BCUT2D eigenvalue weighted by atomic mass is 14.6. The fourth-order valence-corrected chi connectivity index (χ4v) is 3.38. The summed E-state index contributed by atoms with van der Waals surface area (Å²) in [5.74, 6) is 0.514. The highest BCUT2D eigenvalue weighted by Gasteiger charge is 2.12. The van der Waals surface area contributed by atoms with Gasteiger partial charge in [0.25, 0.3) is 0 Å². The summed E-state index contributed by atoms with van der Waals surface area (Å²) in [7, 11) is 0. The van der Waals surface area contributed by atoms with E-state index in [1.165, 1.54) is 32.8 Å². The van der Waals surface area contributed by atoms with E-state index < -0.39 is 0 Å². The Morgan fingerprint density at radius 2 is 1.48 bits per heavy atom. The molecular formula is C22H19N. The Kier molecular flexibility index (Phi) is 3.34. The number of nitrogens with zero attached hydrogens (tertiary/aromatic N) is 1. The Labute approximate surface area is 136 Å². The molecule has 0 saturated carbocycles. The molecule has 1 aromatic heterocycles. The second-order valence-corrected chi connectivity index (χ2v) is 6.28. The molecule has 0 unspecified atom stereocenters. The van der Waals surface area contributed by atoms with Crippen LogP contribution in [0.3, 0.4) is 0 Å². The Hall–Kier alpha value is -2.67. The standard InChI is InChI=1S/C22H19N/c1-15(2)17-12-13-20(19-10-4-3-9-18(17)19)21-11-5-7-16-8-6-14-23-22(16)21/h3-15H,1-2H3. The van der Waals surface area contributed by atoms with Gasteiger partial charge in [0.1, 0.15) is 0 Å². The highest BCUT2D eigenvalue weighted by molar-refractivity contribution is 6.05. The third-order valence-corrected chi connectivity index (χ3v) is 4.50. The average molecular weight is 297 g/mol. The molecule has 4 aromatic rings. The minimum absolute atomic E-state index is 0.514. The van der Waals surface area contributed by atoms with Gasteiger partial charge in [-0.15, -0.1) is 0 Å². The average Bonchev–Trinajstić information content (AvgIpc) is 2.60. The Morgan fingerprint density at radius 3 is 2.30 bits per heavy atom. The van der Waals surface area contributed by atoms with Gasteiger partial charge in [0.15, 0.2) is 0 Å². The van der Waals surface area contributed by atoms with Gasteiger partial charge in [0.2, 0.25) is 0 Å². The zero-order chi connectivity index (χ0) is 15.8. The van der Waals surface area contributed by atoms with Crippen LogP contribution < -0.4 is 0 Å². The quantitative estimate of drug-likeness (QED) is 0.430. The molecule has 4 rings (SSSR count). The summed E-state index contributed by atoms with van der Waals surface area (Å²) in [6.45, 7) is 4.50. The third kappa shape index (κ3) is 2.29. The monoisotopic (exact) mass is 297 g/mol. The van der Waals surface area contributed by atoms with Crippen LogP contribution in [0.15, 0.2) is 72.9 Å². The predicted octanol–water partition coefficient (Wildman–Crippen LogP) is 6.18. The van der Waals surface area contributed by atoms with E-state index in [0.717, 1.165) is 5.52 Å². The van der Waals surface area contributed by atoms with Crippen LogP contribution in [0.5, 0.6) is 0 Å². The van der Waals surface area contributed by atoms with Gasteiger partial charge in [-0.1, -0.05) is 74.5 Å². The molecule has 0 aliphatic rings. The summed E-state index contributed by atoms with van der Waals surface area (Å²) in [6.07, 6.45) is 1.87. The van der Waals surface area contributed by atoms with Gasteiger partial charge in [-0.25, -0.2) is 0 Å². The van der Waals surface area contributed by atoms with Gasteiger partial charge in [-0.05, 0) is 33.9 Å². The summed E-state index contributed by atoms with van der Waals surface area (Å²) < 4.78 is 0. The van der Waals surface area contributed by atoms with E-state index in [1.54, 1.807) is 0 Å². The third-order valence-electron chi connectivity index (χ3n) is 4.50. The van der Waals surface area contributed by atoms with Crippen molar-refractivity contribution in [3.8, 4) is 11.1 Å². The van der Waals surface area contributed by atoms with Crippen LogP contribution in [0.1, 0.15) is 25.3 Å².